The highest BCUT2D eigenvalue weighted by Crippen LogP contribution is 2.21. The van der Waals surface area contributed by atoms with E-state index in [0.29, 0.717) is 6.61 Å². The normalized spacial score (nSPS) is 12.0. The fraction of sp³-hybridized carbons (Fsp3) is 1.00. The van der Waals surface area contributed by atoms with Crippen LogP contribution < -0.4 is 0 Å². The van der Waals surface area contributed by atoms with Gasteiger partial charge in [0.05, 0.1) is 0 Å². The molecule has 0 aliphatic heterocycles. The van der Waals surface area contributed by atoms with E-state index in [9.17, 15) is 0 Å². The maximum Gasteiger partial charge on any atom is 0.493 e. The van der Waals surface area contributed by atoms with Gasteiger partial charge in [0.2, 0.25) is 0 Å². The van der Waals surface area contributed by atoms with Gasteiger partial charge in [-0.3, -0.25) is 0 Å². The van der Waals surface area contributed by atoms with Gasteiger partial charge in [-0.15, -0.1) is 0 Å². The van der Waals surface area contributed by atoms with Crippen molar-refractivity contribution in [1.29, 1.82) is 0 Å². The number of unbranched alkanes of at least 4 members (excludes halogenated alkanes) is 4. The maximum atomic E-state index is 5.52. The Kier molecular flexibility index (Phi) is 8.10. The highest BCUT2D eigenvalue weighted by molar-refractivity contribution is 7.62. The van der Waals surface area contributed by atoms with Crippen molar-refractivity contribution >= 4 is 39.5 Å². The van der Waals surface area contributed by atoms with Gasteiger partial charge in [-0.05, 0) is 6.42 Å². The largest absolute Gasteiger partial charge is 0.493 e. The molecule has 0 saturated carbocycles. The lowest BCUT2D eigenvalue weighted by molar-refractivity contribution is 0.320. The van der Waals surface area contributed by atoms with Crippen molar-refractivity contribution in [3.8, 4) is 0 Å². The quantitative estimate of drug-likeness (QED) is 0.375. The van der Waals surface area contributed by atoms with E-state index in [1.165, 1.54) is 25.7 Å². The van der Waals surface area contributed by atoms with Crippen molar-refractivity contribution in [2.45, 2.75) is 39.0 Å². The Balaban J connectivity index is 3.01. The molecule has 0 saturated heterocycles. The molecule has 12 heavy (non-hydrogen) atoms. The van der Waals surface area contributed by atoms with Gasteiger partial charge in [0, 0.05) is 6.61 Å². The summed E-state index contributed by atoms with van der Waals surface area (Å²) in [7, 11) is 0. The zero-order valence-electron chi connectivity index (χ0n) is 7.28. The van der Waals surface area contributed by atoms with Gasteiger partial charge in [0.15, 0.2) is 0 Å². The van der Waals surface area contributed by atoms with Gasteiger partial charge in [0.25, 0.3) is 0 Å². The van der Waals surface area contributed by atoms with Crippen LogP contribution in [0.1, 0.15) is 39.0 Å². The van der Waals surface area contributed by atoms with Crippen LogP contribution in [0.15, 0.2) is 0 Å². The first-order valence-electron chi connectivity index (χ1n) is 4.27. The predicted molar refractivity (Wildman–Crippen MR) is 58.0 cm³/mol. The lowest BCUT2D eigenvalue weighted by Crippen LogP contribution is -2.16. The van der Waals surface area contributed by atoms with E-state index in [2.05, 4.69) is 6.92 Å². The van der Waals surface area contributed by atoms with E-state index >= 15 is 0 Å². The topological polar surface area (TPSA) is 9.23 Å². The summed E-state index contributed by atoms with van der Waals surface area (Å²) in [6.45, 7) is 2.77. The molecule has 0 unspecified atom stereocenters. The number of hydrogen-bond acceptors (Lipinski definition) is 1. The smallest absolute Gasteiger partial charge is 0.381 e. The molecule has 0 radical (unpaired) electrons. The van der Waals surface area contributed by atoms with Gasteiger partial charge in [0.1, 0.15) is 0 Å². The van der Waals surface area contributed by atoms with Crippen molar-refractivity contribution in [2.24, 2.45) is 0 Å². The highest BCUT2D eigenvalue weighted by atomic mass is 35.8. The summed E-state index contributed by atoms with van der Waals surface area (Å²) >= 11 is 16.6. The molecule has 0 aromatic heterocycles. The van der Waals surface area contributed by atoms with Crippen LogP contribution in [-0.4, -0.2) is 12.9 Å². The molecule has 0 aromatic carbocycles. The van der Waals surface area contributed by atoms with Crippen LogP contribution in [0, 0.1) is 0 Å². The molecule has 0 atom stereocenters. The van der Waals surface area contributed by atoms with Crippen molar-refractivity contribution in [2.75, 3.05) is 6.61 Å². The minimum atomic E-state index is -2.81. The van der Waals surface area contributed by atoms with Crippen LogP contribution in [0.4, 0.5) is 0 Å². The van der Waals surface area contributed by atoms with E-state index in [-0.39, 0.29) is 0 Å². The first-order valence-corrected chi connectivity index (χ1v) is 9.21. The number of hydrogen-bond donors (Lipinski definition) is 0. The number of rotatable bonds is 7. The van der Waals surface area contributed by atoms with Crippen LogP contribution in [0.2, 0.25) is 0 Å². The van der Waals surface area contributed by atoms with Crippen molar-refractivity contribution < 1.29 is 4.43 Å². The van der Waals surface area contributed by atoms with Gasteiger partial charge in [-0.1, -0.05) is 65.8 Å². The third kappa shape index (κ3) is 11.0. The molecule has 0 fully saturated rings. The zero-order valence-corrected chi connectivity index (χ0v) is 10.6. The van der Waals surface area contributed by atoms with Crippen LogP contribution >= 0.6 is 33.2 Å². The Hall–Kier alpha value is 1.05. The predicted octanol–water partition coefficient (Wildman–Crippen LogP) is 4.13. The lowest BCUT2D eigenvalue weighted by Gasteiger charge is -2.08. The molecule has 0 spiro atoms. The molecule has 5 heteroatoms. The third-order valence-corrected chi connectivity index (χ3v) is 3.03. The van der Waals surface area contributed by atoms with E-state index in [1.54, 1.807) is 0 Å². The molecule has 0 rings (SSSR count). The van der Waals surface area contributed by atoms with Gasteiger partial charge in [-0.25, -0.2) is 0 Å². The average Bonchev–Trinajstić information content (AvgIpc) is 1.94. The average molecular weight is 250 g/mol. The second-order valence-electron chi connectivity index (χ2n) is 2.71. The Labute approximate surface area is 89.6 Å². The standard InChI is InChI=1S/C7H15Cl3OSi/c1-2-3-4-5-6-7-11-12(8,9)10/h2-7H2,1H3. The Morgan fingerprint density at radius 2 is 1.58 bits per heavy atom. The molecule has 0 aromatic rings. The maximum absolute atomic E-state index is 5.52. The van der Waals surface area contributed by atoms with Crippen LogP contribution in [0.3, 0.4) is 0 Å². The van der Waals surface area contributed by atoms with E-state index in [1.807, 2.05) is 0 Å². The highest BCUT2D eigenvalue weighted by Gasteiger charge is 2.26. The van der Waals surface area contributed by atoms with E-state index in [0.717, 1.165) is 6.42 Å². The Morgan fingerprint density at radius 3 is 2.08 bits per heavy atom. The second-order valence-corrected chi connectivity index (χ2v) is 10.4. The van der Waals surface area contributed by atoms with Gasteiger partial charge < -0.3 is 4.43 Å². The minimum Gasteiger partial charge on any atom is -0.381 e. The summed E-state index contributed by atoms with van der Waals surface area (Å²) in [5.41, 5.74) is 0. The van der Waals surface area contributed by atoms with Crippen LogP contribution in [0.25, 0.3) is 0 Å². The Bertz CT molecular complexity index is 105. The number of halogens is 3. The van der Waals surface area contributed by atoms with Crippen molar-refractivity contribution in [1.82, 2.24) is 0 Å². The van der Waals surface area contributed by atoms with E-state index < -0.39 is 6.25 Å². The summed E-state index contributed by atoms with van der Waals surface area (Å²) in [5, 5.41) is 0. The summed E-state index contributed by atoms with van der Waals surface area (Å²) in [6.07, 6.45) is 3.15. The molecule has 1 nitrogen and oxygen atoms in total. The molecule has 74 valence electrons. The SMILES string of the molecule is CCCCCCCO[Si](Cl)(Cl)Cl. The molecular formula is C7H15Cl3OSi. The van der Waals surface area contributed by atoms with Crippen LogP contribution in [0.5, 0.6) is 0 Å². The first-order chi connectivity index (χ1) is 5.56. The van der Waals surface area contributed by atoms with Gasteiger partial charge in [-0.2, -0.15) is 0 Å². The molecule has 0 aliphatic rings. The van der Waals surface area contributed by atoms with Gasteiger partial charge >= 0.3 is 6.25 Å². The van der Waals surface area contributed by atoms with Crippen molar-refractivity contribution in [3.05, 3.63) is 0 Å². The fourth-order valence-corrected chi connectivity index (χ4v) is 1.96. The van der Waals surface area contributed by atoms with Crippen LogP contribution in [-0.2, 0) is 4.43 Å². The fourth-order valence-electron chi connectivity index (χ4n) is 0.894. The van der Waals surface area contributed by atoms with Crippen molar-refractivity contribution in [3.63, 3.8) is 0 Å². The molecule has 0 aliphatic carbocycles. The summed E-state index contributed by atoms with van der Waals surface area (Å²) in [5.74, 6) is 0. The summed E-state index contributed by atoms with van der Waals surface area (Å²) in [6, 6.07) is 0. The summed E-state index contributed by atoms with van der Waals surface area (Å²) < 4.78 is 5.04. The molecule has 0 bridgehead atoms. The van der Waals surface area contributed by atoms with E-state index in [4.69, 9.17) is 37.7 Å². The lowest BCUT2D eigenvalue weighted by atomic mass is 10.2. The summed E-state index contributed by atoms with van der Waals surface area (Å²) in [4.78, 5) is 0. The second kappa shape index (κ2) is 7.45. The molecule has 0 heterocycles. The zero-order chi connectivity index (χ0) is 9.45. The minimum absolute atomic E-state index is 0.590. The molecule has 0 amide bonds. The molecular weight excluding hydrogens is 235 g/mol. The third-order valence-electron chi connectivity index (χ3n) is 1.51. The molecule has 0 N–H and O–H groups in total. The first kappa shape index (κ1) is 13.0. The Morgan fingerprint density at radius 1 is 1.00 bits per heavy atom. The monoisotopic (exact) mass is 248 g/mol.